The second kappa shape index (κ2) is 13.5. The standard InChI is InChI=1S/C60H45NO/c1-59(2)49-24-14-11-22-45(49)46-33-31-43(36-51(46)59)61(53-25-15-12-21-44(53)40-29-27-39(28-30-40)38-17-7-5-8-18-38)42-32-34-50-48(35-42)57-52(60(50,3)4)37-55-58(47-23-13-16-26-54(47)62-55)56(57)41-19-9-6-10-20-41/h5-37H,1-4H3. The highest BCUT2D eigenvalue weighted by Crippen LogP contribution is 2.58. The first-order valence-electron chi connectivity index (χ1n) is 21.8. The lowest BCUT2D eigenvalue weighted by Crippen LogP contribution is -2.17. The summed E-state index contributed by atoms with van der Waals surface area (Å²) >= 11 is 0. The number of furan rings is 1. The van der Waals surface area contributed by atoms with Gasteiger partial charge in [0.15, 0.2) is 0 Å². The first kappa shape index (κ1) is 36.4. The lowest BCUT2D eigenvalue weighted by molar-refractivity contribution is 0.647. The second-order valence-electron chi connectivity index (χ2n) is 18.1. The molecule has 9 aromatic carbocycles. The third-order valence-corrected chi connectivity index (χ3v) is 13.9. The minimum absolute atomic E-state index is 0.148. The highest BCUT2D eigenvalue weighted by atomic mass is 16.3. The van der Waals surface area contributed by atoms with Gasteiger partial charge in [-0.1, -0.05) is 185 Å². The Hall–Kier alpha value is -7.42. The van der Waals surface area contributed by atoms with Crippen molar-refractivity contribution in [1.82, 2.24) is 0 Å². The summed E-state index contributed by atoms with van der Waals surface area (Å²) < 4.78 is 6.67. The quantitative estimate of drug-likeness (QED) is 0.167. The lowest BCUT2D eigenvalue weighted by Gasteiger charge is -2.30. The van der Waals surface area contributed by atoms with E-state index in [1.54, 1.807) is 0 Å². The van der Waals surface area contributed by atoms with Crippen molar-refractivity contribution in [1.29, 1.82) is 0 Å². The average Bonchev–Trinajstić information content (AvgIpc) is 3.88. The molecule has 0 amide bonds. The summed E-state index contributed by atoms with van der Waals surface area (Å²) in [6.45, 7) is 9.47. The van der Waals surface area contributed by atoms with Crippen molar-refractivity contribution in [3.63, 3.8) is 0 Å². The van der Waals surface area contributed by atoms with E-state index >= 15 is 0 Å². The molecule has 0 saturated carbocycles. The number of para-hydroxylation sites is 2. The second-order valence-corrected chi connectivity index (χ2v) is 18.1. The summed E-state index contributed by atoms with van der Waals surface area (Å²) in [5, 5.41) is 2.31. The Balaban J connectivity index is 1.11. The minimum atomic E-state index is -0.257. The van der Waals surface area contributed by atoms with Gasteiger partial charge in [-0.25, -0.2) is 0 Å². The Labute approximate surface area is 363 Å². The van der Waals surface area contributed by atoms with Crippen molar-refractivity contribution in [2.75, 3.05) is 4.90 Å². The molecule has 0 spiro atoms. The van der Waals surface area contributed by atoms with Gasteiger partial charge in [-0.3, -0.25) is 0 Å². The first-order chi connectivity index (χ1) is 30.3. The molecule has 2 nitrogen and oxygen atoms in total. The van der Waals surface area contributed by atoms with E-state index in [0.717, 1.165) is 33.6 Å². The van der Waals surface area contributed by atoms with Gasteiger partial charge in [0, 0.05) is 44.1 Å². The predicted octanol–water partition coefficient (Wildman–Crippen LogP) is 16.7. The highest BCUT2D eigenvalue weighted by Gasteiger charge is 2.40. The zero-order valence-electron chi connectivity index (χ0n) is 35.4. The maximum Gasteiger partial charge on any atom is 0.136 e. The molecule has 10 aromatic rings. The molecule has 0 bridgehead atoms. The molecular formula is C60H45NO. The van der Waals surface area contributed by atoms with Crippen LogP contribution in [-0.4, -0.2) is 0 Å². The summed E-state index contributed by atoms with van der Waals surface area (Å²) in [6, 6.07) is 73.5. The largest absolute Gasteiger partial charge is 0.456 e. The van der Waals surface area contributed by atoms with Gasteiger partial charge in [-0.15, -0.1) is 0 Å². The Bertz CT molecular complexity index is 3390. The van der Waals surface area contributed by atoms with E-state index in [-0.39, 0.29) is 10.8 Å². The topological polar surface area (TPSA) is 16.4 Å². The highest BCUT2D eigenvalue weighted by molar-refractivity contribution is 6.18. The van der Waals surface area contributed by atoms with Crippen LogP contribution >= 0.6 is 0 Å². The number of hydrogen-bond acceptors (Lipinski definition) is 2. The third kappa shape index (κ3) is 5.36. The molecule has 0 atom stereocenters. The fourth-order valence-corrected chi connectivity index (χ4v) is 10.8. The molecule has 0 aliphatic heterocycles. The van der Waals surface area contributed by atoms with Crippen LogP contribution in [0.25, 0.3) is 77.6 Å². The van der Waals surface area contributed by atoms with Crippen LogP contribution in [0, 0.1) is 0 Å². The first-order valence-corrected chi connectivity index (χ1v) is 21.8. The molecule has 12 rings (SSSR count). The van der Waals surface area contributed by atoms with Gasteiger partial charge in [0.25, 0.3) is 0 Å². The van der Waals surface area contributed by atoms with E-state index in [4.69, 9.17) is 4.42 Å². The van der Waals surface area contributed by atoms with Gasteiger partial charge < -0.3 is 9.32 Å². The Morgan fingerprint density at radius 1 is 0.355 bits per heavy atom. The molecule has 0 N–H and O–H groups in total. The molecular weight excluding hydrogens is 751 g/mol. The van der Waals surface area contributed by atoms with E-state index in [1.807, 2.05) is 0 Å². The maximum atomic E-state index is 6.67. The summed E-state index contributed by atoms with van der Waals surface area (Å²) in [6.07, 6.45) is 0. The molecule has 2 heteroatoms. The van der Waals surface area contributed by atoms with Crippen molar-refractivity contribution in [2.45, 2.75) is 38.5 Å². The molecule has 0 unspecified atom stereocenters. The molecule has 0 radical (unpaired) electrons. The predicted molar refractivity (Wildman–Crippen MR) is 260 cm³/mol. The van der Waals surface area contributed by atoms with E-state index in [9.17, 15) is 0 Å². The van der Waals surface area contributed by atoms with Crippen LogP contribution < -0.4 is 4.90 Å². The van der Waals surface area contributed by atoms with Crippen LogP contribution in [0.2, 0.25) is 0 Å². The molecule has 2 aliphatic rings. The fourth-order valence-electron chi connectivity index (χ4n) is 10.8. The number of hydrogen-bond donors (Lipinski definition) is 0. The summed E-state index contributed by atoms with van der Waals surface area (Å²) in [5.41, 5.74) is 22.5. The Morgan fingerprint density at radius 2 is 0.919 bits per heavy atom. The summed E-state index contributed by atoms with van der Waals surface area (Å²) in [5.74, 6) is 0. The Morgan fingerprint density at radius 3 is 1.71 bits per heavy atom. The molecule has 296 valence electrons. The number of anilines is 3. The smallest absolute Gasteiger partial charge is 0.136 e. The lowest BCUT2D eigenvalue weighted by atomic mass is 9.81. The van der Waals surface area contributed by atoms with E-state index in [1.165, 1.54) is 83.3 Å². The van der Waals surface area contributed by atoms with Crippen LogP contribution in [0.1, 0.15) is 49.9 Å². The molecule has 1 aromatic heterocycles. The van der Waals surface area contributed by atoms with Gasteiger partial charge in [-0.2, -0.15) is 0 Å². The zero-order chi connectivity index (χ0) is 41.7. The molecule has 62 heavy (non-hydrogen) atoms. The van der Waals surface area contributed by atoms with Crippen molar-refractivity contribution < 1.29 is 4.42 Å². The summed E-state index contributed by atoms with van der Waals surface area (Å²) in [7, 11) is 0. The molecule has 2 aliphatic carbocycles. The van der Waals surface area contributed by atoms with E-state index < -0.39 is 0 Å². The molecule has 1 heterocycles. The van der Waals surface area contributed by atoms with Gasteiger partial charge >= 0.3 is 0 Å². The SMILES string of the molecule is CC1(C)c2ccccc2-c2ccc(N(c3ccc4c(c3)-c3c(cc5oc6ccccc6c5c3-c3ccccc3)C4(C)C)c3ccccc3-c3ccc(-c4ccccc4)cc3)cc21. The van der Waals surface area contributed by atoms with Crippen LogP contribution in [0.15, 0.2) is 205 Å². The normalized spacial score (nSPS) is 14.1. The third-order valence-electron chi connectivity index (χ3n) is 13.9. The van der Waals surface area contributed by atoms with Crippen LogP contribution in [0.5, 0.6) is 0 Å². The molecule has 0 saturated heterocycles. The van der Waals surface area contributed by atoms with Crippen molar-refractivity contribution in [3.8, 4) is 55.6 Å². The van der Waals surface area contributed by atoms with Gasteiger partial charge in [0.2, 0.25) is 0 Å². The monoisotopic (exact) mass is 795 g/mol. The number of nitrogens with zero attached hydrogens (tertiary/aromatic N) is 1. The van der Waals surface area contributed by atoms with Crippen molar-refractivity contribution in [3.05, 3.63) is 222 Å². The van der Waals surface area contributed by atoms with Crippen LogP contribution in [0.4, 0.5) is 17.1 Å². The maximum absolute atomic E-state index is 6.67. The van der Waals surface area contributed by atoms with Gasteiger partial charge in [0.1, 0.15) is 11.2 Å². The number of fused-ring (bicyclic) bond motifs is 9. The van der Waals surface area contributed by atoms with E-state index in [2.05, 4.69) is 233 Å². The molecule has 0 fully saturated rings. The van der Waals surface area contributed by atoms with Crippen molar-refractivity contribution >= 4 is 39.0 Å². The van der Waals surface area contributed by atoms with E-state index in [0.29, 0.717) is 0 Å². The fraction of sp³-hybridized carbons (Fsp3) is 0.100. The zero-order valence-corrected chi connectivity index (χ0v) is 35.4. The minimum Gasteiger partial charge on any atom is -0.456 e. The van der Waals surface area contributed by atoms with Gasteiger partial charge in [-0.05, 0) is 109 Å². The van der Waals surface area contributed by atoms with Crippen molar-refractivity contribution in [2.24, 2.45) is 0 Å². The van der Waals surface area contributed by atoms with Crippen LogP contribution in [-0.2, 0) is 10.8 Å². The average molecular weight is 796 g/mol. The van der Waals surface area contributed by atoms with Gasteiger partial charge in [0.05, 0.1) is 5.69 Å². The number of rotatable bonds is 6. The number of benzene rings is 9. The van der Waals surface area contributed by atoms with Crippen LogP contribution in [0.3, 0.4) is 0 Å². The Kier molecular flexibility index (Phi) is 7.96. The summed E-state index contributed by atoms with van der Waals surface area (Å²) in [4.78, 5) is 2.50.